The van der Waals surface area contributed by atoms with Crippen LogP contribution in [-0.4, -0.2) is 16.2 Å². The molecule has 0 aliphatic rings. The third-order valence-electron chi connectivity index (χ3n) is 4.85. The zero-order valence-electron chi connectivity index (χ0n) is 14.6. The lowest BCUT2D eigenvalue weighted by Crippen LogP contribution is -2.19. The Balaban J connectivity index is 1.98. The summed E-state index contributed by atoms with van der Waals surface area (Å²) in [6.07, 6.45) is 2.73. The summed E-state index contributed by atoms with van der Waals surface area (Å²) < 4.78 is 8.92. The van der Waals surface area contributed by atoms with Crippen molar-refractivity contribution in [3.63, 3.8) is 0 Å². The van der Waals surface area contributed by atoms with E-state index in [0.29, 0.717) is 0 Å². The van der Waals surface area contributed by atoms with Crippen LogP contribution in [0.4, 0.5) is 0 Å². The monoisotopic (exact) mass is 332 g/mol. The molecular formula is C21H20N2O2. The lowest BCUT2D eigenvalue weighted by atomic mass is 10.0. The Bertz CT molecular complexity index is 1130. The molecule has 0 fully saturated rings. The molecule has 4 heteroatoms. The molecule has 0 amide bonds. The summed E-state index contributed by atoms with van der Waals surface area (Å²) >= 11 is 0. The number of methoxy groups -OCH3 is 1. The van der Waals surface area contributed by atoms with E-state index in [9.17, 15) is 4.79 Å². The van der Waals surface area contributed by atoms with Crippen LogP contribution in [0.25, 0.3) is 21.8 Å². The fourth-order valence-electron chi connectivity index (χ4n) is 3.59. The maximum absolute atomic E-state index is 12.7. The van der Waals surface area contributed by atoms with Crippen LogP contribution in [0.1, 0.15) is 11.1 Å². The molecule has 126 valence electrons. The van der Waals surface area contributed by atoms with Gasteiger partial charge in [0.05, 0.1) is 7.11 Å². The van der Waals surface area contributed by atoms with Crippen molar-refractivity contribution in [2.75, 3.05) is 7.11 Å². The Morgan fingerprint density at radius 1 is 1.00 bits per heavy atom. The molecule has 0 bridgehead atoms. The van der Waals surface area contributed by atoms with Gasteiger partial charge in [-0.25, -0.2) is 0 Å². The fraction of sp³-hybridized carbons (Fsp3) is 0.190. The summed E-state index contributed by atoms with van der Waals surface area (Å²) in [5, 5.41) is 2.18. The fourth-order valence-corrected chi connectivity index (χ4v) is 3.59. The maximum Gasteiger partial charge on any atom is 0.274 e. The van der Waals surface area contributed by atoms with Gasteiger partial charge in [-0.3, -0.25) is 4.79 Å². The van der Waals surface area contributed by atoms with Crippen LogP contribution in [-0.2, 0) is 20.5 Å². The number of fused-ring (bicyclic) bond motifs is 3. The first kappa shape index (κ1) is 15.5. The molecule has 4 nitrogen and oxygen atoms in total. The average molecular weight is 332 g/mol. The minimum absolute atomic E-state index is 0.0344. The SMILES string of the molecule is COc1ccc(Cc2cn(C)c(=O)c3c2c2ccccc2n3C)cc1. The first-order valence-corrected chi connectivity index (χ1v) is 8.28. The Morgan fingerprint density at radius 3 is 2.44 bits per heavy atom. The summed E-state index contributed by atoms with van der Waals surface area (Å²) in [7, 11) is 5.45. The number of para-hydroxylation sites is 1. The van der Waals surface area contributed by atoms with E-state index in [-0.39, 0.29) is 5.56 Å². The largest absolute Gasteiger partial charge is 0.497 e. The Morgan fingerprint density at radius 2 is 1.72 bits per heavy atom. The van der Waals surface area contributed by atoms with Crippen molar-refractivity contribution in [1.29, 1.82) is 0 Å². The van der Waals surface area contributed by atoms with Gasteiger partial charge in [0, 0.05) is 36.6 Å². The maximum atomic E-state index is 12.7. The van der Waals surface area contributed by atoms with Crippen LogP contribution in [0.15, 0.2) is 59.5 Å². The Labute approximate surface area is 145 Å². The first-order chi connectivity index (χ1) is 12.1. The van der Waals surface area contributed by atoms with E-state index in [4.69, 9.17) is 4.74 Å². The Kier molecular flexibility index (Phi) is 3.61. The van der Waals surface area contributed by atoms with Crippen molar-refractivity contribution in [3.8, 4) is 5.75 Å². The highest BCUT2D eigenvalue weighted by Gasteiger charge is 2.16. The Hall–Kier alpha value is -3.01. The van der Waals surface area contributed by atoms with E-state index in [0.717, 1.165) is 39.5 Å². The molecule has 0 atom stereocenters. The summed E-state index contributed by atoms with van der Waals surface area (Å²) in [4.78, 5) is 12.7. The quantitative estimate of drug-likeness (QED) is 0.574. The first-order valence-electron chi connectivity index (χ1n) is 8.28. The van der Waals surface area contributed by atoms with Crippen LogP contribution in [0.2, 0.25) is 0 Å². The van der Waals surface area contributed by atoms with E-state index < -0.39 is 0 Å². The summed E-state index contributed by atoms with van der Waals surface area (Å²) in [6.45, 7) is 0. The molecule has 4 aromatic rings. The van der Waals surface area contributed by atoms with Gasteiger partial charge in [0.2, 0.25) is 0 Å². The van der Waals surface area contributed by atoms with Crippen LogP contribution < -0.4 is 10.3 Å². The second-order valence-corrected chi connectivity index (χ2v) is 6.40. The van der Waals surface area contributed by atoms with Gasteiger partial charge in [-0.2, -0.15) is 0 Å². The van der Waals surface area contributed by atoms with Crippen molar-refractivity contribution in [3.05, 3.63) is 76.2 Å². The zero-order chi connectivity index (χ0) is 17.6. The third kappa shape index (κ3) is 2.41. The second kappa shape index (κ2) is 5.81. The lowest BCUT2D eigenvalue weighted by molar-refractivity contribution is 0.414. The standard InChI is InChI=1S/C21H20N2O2/c1-22-13-15(12-14-8-10-16(25-3)11-9-14)19-17-6-4-5-7-18(17)23(2)20(19)21(22)24/h4-11,13H,12H2,1-3H3. The van der Waals surface area contributed by atoms with Gasteiger partial charge in [-0.05, 0) is 35.7 Å². The molecule has 0 unspecified atom stereocenters. The van der Waals surface area contributed by atoms with Gasteiger partial charge in [0.15, 0.2) is 0 Å². The van der Waals surface area contributed by atoms with Crippen LogP contribution in [0.5, 0.6) is 5.75 Å². The van der Waals surface area contributed by atoms with Gasteiger partial charge in [0.1, 0.15) is 11.3 Å². The highest BCUT2D eigenvalue weighted by Crippen LogP contribution is 2.30. The van der Waals surface area contributed by atoms with Gasteiger partial charge >= 0.3 is 0 Å². The van der Waals surface area contributed by atoms with Crippen molar-refractivity contribution >= 4 is 21.8 Å². The third-order valence-corrected chi connectivity index (χ3v) is 4.85. The van der Waals surface area contributed by atoms with E-state index in [2.05, 4.69) is 24.3 Å². The van der Waals surface area contributed by atoms with Crippen molar-refractivity contribution in [1.82, 2.24) is 9.13 Å². The van der Waals surface area contributed by atoms with Crippen molar-refractivity contribution < 1.29 is 4.74 Å². The second-order valence-electron chi connectivity index (χ2n) is 6.40. The molecule has 0 spiro atoms. The molecule has 2 aromatic heterocycles. The molecule has 0 saturated carbocycles. The zero-order valence-corrected chi connectivity index (χ0v) is 14.6. The number of benzene rings is 2. The van der Waals surface area contributed by atoms with Crippen LogP contribution in [0.3, 0.4) is 0 Å². The van der Waals surface area contributed by atoms with E-state index in [1.54, 1.807) is 11.7 Å². The number of rotatable bonds is 3. The average Bonchev–Trinajstić information content (AvgIpc) is 2.94. The normalized spacial score (nSPS) is 11.3. The number of aromatic nitrogens is 2. The van der Waals surface area contributed by atoms with E-state index >= 15 is 0 Å². The van der Waals surface area contributed by atoms with Gasteiger partial charge in [0.25, 0.3) is 5.56 Å². The molecule has 2 heterocycles. The molecule has 4 rings (SSSR count). The van der Waals surface area contributed by atoms with Gasteiger partial charge < -0.3 is 13.9 Å². The number of hydrogen-bond acceptors (Lipinski definition) is 2. The molecule has 0 radical (unpaired) electrons. The topological polar surface area (TPSA) is 36.2 Å². The van der Waals surface area contributed by atoms with Crippen LogP contribution >= 0.6 is 0 Å². The smallest absolute Gasteiger partial charge is 0.274 e. The lowest BCUT2D eigenvalue weighted by Gasteiger charge is -2.09. The highest BCUT2D eigenvalue weighted by molar-refractivity contribution is 6.09. The van der Waals surface area contributed by atoms with Crippen LogP contribution in [0, 0.1) is 0 Å². The molecule has 0 aliphatic heterocycles. The molecule has 0 N–H and O–H groups in total. The highest BCUT2D eigenvalue weighted by atomic mass is 16.5. The number of hydrogen-bond donors (Lipinski definition) is 0. The van der Waals surface area contributed by atoms with Gasteiger partial charge in [-0.1, -0.05) is 30.3 Å². The number of ether oxygens (including phenoxy) is 1. The summed E-state index contributed by atoms with van der Waals surface area (Å²) in [6, 6.07) is 16.3. The minimum atomic E-state index is 0.0344. The molecular weight excluding hydrogens is 312 g/mol. The minimum Gasteiger partial charge on any atom is -0.497 e. The summed E-state index contributed by atoms with van der Waals surface area (Å²) in [5.74, 6) is 0.847. The summed E-state index contributed by atoms with van der Waals surface area (Å²) in [5.41, 5.74) is 4.21. The predicted molar refractivity (Wildman–Crippen MR) is 101 cm³/mol. The van der Waals surface area contributed by atoms with Crippen molar-refractivity contribution in [2.24, 2.45) is 14.1 Å². The predicted octanol–water partition coefficient (Wildman–Crippen LogP) is 3.63. The number of aryl methyl sites for hydroxylation is 2. The molecule has 0 saturated heterocycles. The number of pyridine rings is 1. The molecule has 25 heavy (non-hydrogen) atoms. The van der Waals surface area contributed by atoms with E-state index in [1.165, 1.54) is 5.56 Å². The number of nitrogens with zero attached hydrogens (tertiary/aromatic N) is 2. The van der Waals surface area contributed by atoms with Crippen molar-refractivity contribution in [2.45, 2.75) is 6.42 Å². The van der Waals surface area contributed by atoms with E-state index in [1.807, 2.05) is 49.1 Å². The molecule has 0 aliphatic carbocycles. The molecule has 2 aromatic carbocycles. The van der Waals surface area contributed by atoms with Gasteiger partial charge in [-0.15, -0.1) is 0 Å².